The summed E-state index contributed by atoms with van der Waals surface area (Å²) in [6, 6.07) is 0. The molecule has 0 unspecified atom stereocenters. The number of likely N-dealkylation sites (N-methyl/N-ethyl adjacent to an activating group) is 1. The Kier molecular flexibility index (Phi) is 10.1. The molecule has 0 saturated heterocycles. The van der Waals surface area contributed by atoms with Crippen molar-refractivity contribution in [2.45, 2.75) is 39.7 Å². The van der Waals surface area contributed by atoms with E-state index in [0.29, 0.717) is 25.0 Å². The van der Waals surface area contributed by atoms with Gasteiger partial charge in [-0.15, -0.1) is 11.3 Å². The lowest BCUT2D eigenvalue weighted by Crippen LogP contribution is -2.39. The Labute approximate surface area is 154 Å². The summed E-state index contributed by atoms with van der Waals surface area (Å²) in [6.07, 6.45) is 0.880. The topological polar surface area (TPSA) is 78.8 Å². The standard InChI is InChI=1S/C17H31N5O2S/c1-6-24-9-7-8-18-17(20-11-16(23)22(4)5)19-10-15-21-14(12-25-15)13(2)3/h12-13H,6-11H2,1-5H3,(H2,18,19,20). The van der Waals surface area contributed by atoms with Crippen molar-refractivity contribution in [3.63, 3.8) is 0 Å². The maximum Gasteiger partial charge on any atom is 0.243 e. The molecule has 0 spiro atoms. The first-order valence-corrected chi connectivity index (χ1v) is 9.56. The maximum atomic E-state index is 11.7. The van der Waals surface area contributed by atoms with Gasteiger partial charge in [-0.1, -0.05) is 13.8 Å². The highest BCUT2D eigenvalue weighted by Gasteiger charge is 2.08. The zero-order chi connectivity index (χ0) is 18.7. The molecule has 1 aromatic rings. The lowest BCUT2D eigenvalue weighted by atomic mass is 10.2. The number of rotatable bonds is 10. The fraction of sp³-hybridized carbons (Fsp3) is 0.706. The van der Waals surface area contributed by atoms with Gasteiger partial charge in [0, 0.05) is 39.2 Å². The number of nitrogens with zero attached hydrogens (tertiary/aromatic N) is 3. The minimum atomic E-state index is -0.0354. The molecule has 2 N–H and O–H groups in total. The summed E-state index contributed by atoms with van der Waals surface area (Å²) in [4.78, 5) is 22.2. The normalized spacial score (nSPS) is 11.7. The van der Waals surface area contributed by atoms with Crippen LogP contribution < -0.4 is 10.6 Å². The van der Waals surface area contributed by atoms with E-state index in [-0.39, 0.29) is 12.5 Å². The minimum absolute atomic E-state index is 0.0354. The molecule has 1 heterocycles. The summed E-state index contributed by atoms with van der Waals surface area (Å²) in [5.74, 6) is 1.01. The van der Waals surface area contributed by atoms with Crippen LogP contribution in [0.25, 0.3) is 0 Å². The van der Waals surface area contributed by atoms with E-state index in [0.717, 1.165) is 30.3 Å². The highest BCUT2D eigenvalue weighted by molar-refractivity contribution is 7.09. The summed E-state index contributed by atoms with van der Waals surface area (Å²) in [7, 11) is 3.45. The Balaban J connectivity index is 2.56. The van der Waals surface area contributed by atoms with Crippen LogP contribution in [0.3, 0.4) is 0 Å². The molecule has 0 saturated carbocycles. The first-order valence-electron chi connectivity index (χ1n) is 8.68. The monoisotopic (exact) mass is 369 g/mol. The number of carbonyl (C=O) groups excluding carboxylic acids is 1. The highest BCUT2D eigenvalue weighted by Crippen LogP contribution is 2.17. The number of amides is 1. The van der Waals surface area contributed by atoms with E-state index in [1.807, 2.05) is 6.92 Å². The van der Waals surface area contributed by atoms with E-state index >= 15 is 0 Å². The van der Waals surface area contributed by atoms with Gasteiger partial charge in [0.05, 0.1) is 12.2 Å². The van der Waals surface area contributed by atoms with Crippen LogP contribution in [0.4, 0.5) is 0 Å². The zero-order valence-electron chi connectivity index (χ0n) is 16.0. The van der Waals surface area contributed by atoms with Gasteiger partial charge < -0.3 is 20.3 Å². The second-order valence-electron chi connectivity index (χ2n) is 6.10. The van der Waals surface area contributed by atoms with Gasteiger partial charge >= 0.3 is 0 Å². The predicted molar refractivity (Wildman–Crippen MR) is 103 cm³/mol. The zero-order valence-corrected chi connectivity index (χ0v) is 16.8. The molecule has 7 nitrogen and oxygen atoms in total. The van der Waals surface area contributed by atoms with E-state index in [4.69, 9.17) is 4.74 Å². The van der Waals surface area contributed by atoms with Crippen LogP contribution in [0, 0.1) is 0 Å². The molecular formula is C17H31N5O2S. The molecule has 8 heteroatoms. The molecule has 25 heavy (non-hydrogen) atoms. The summed E-state index contributed by atoms with van der Waals surface area (Å²) in [5, 5.41) is 9.58. The van der Waals surface area contributed by atoms with Crippen LogP contribution in [0.1, 0.15) is 43.8 Å². The Morgan fingerprint density at radius 2 is 2.16 bits per heavy atom. The van der Waals surface area contributed by atoms with Crippen LogP contribution in [-0.4, -0.2) is 62.1 Å². The lowest BCUT2D eigenvalue weighted by molar-refractivity contribution is -0.127. The van der Waals surface area contributed by atoms with Crippen LogP contribution in [-0.2, 0) is 16.1 Å². The lowest BCUT2D eigenvalue weighted by Gasteiger charge is -2.13. The van der Waals surface area contributed by atoms with E-state index in [1.54, 1.807) is 25.4 Å². The SMILES string of the molecule is CCOCCCNC(=NCC(=O)N(C)C)NCc1nc(C(C)C)cs1. The Morgan fingerprint density at radius 1 is 1.40 bits per heavy atom. The van der Waals surface area contributed by atoms with Crippen molar-refractivity contribution in [3.8, 4) is 0 Å². The summed E-state index contributed by atoms with van der Waals surface area (Å²) >= 11 is 1.63. The number of ether oxygens (including phenoxy) is 1. The number of carbonyl (C=O) groups is 1. The smallest absolute Gasteiger partial charge is 0.243 e. The van der Waals surface area contributed by atoms with Crippen molar-refractivity contribution in [1.29, 1.82) is 0 Å². The number of hydrogen-bond acceptors (Lipinski definition) is 5. The van der Waals surface area contributed by atoms with Gasteiger partial charge in [0.25, 0.3) is 0 Å². The van der Waals surface area contributed by atoms with E-state index < -0.39 is 0 Å². The van der Waals surface area contributed by atoms with Crippen molar-refractivity contribution in [1.82, 2.24) is 20.5 Å². The molecule has 142 valence electrons. The molecule has 0 aliphatic rings. The van der Waals surface area contributed by atoms with E-state index in [1.165, 1.54) is 4.90 Å². The highest BCUT2D eigenvalue weighted by atomic mass is 32.1. The maximum absolute atomic E-state index is 11.7. The van der Waals surface area contributed by atoms with Gasteiger partial charge in [0.15, 0.2) is 5.96 Å². The summed E-state index contributed by atoms with van der Waals surface area (Å²) in [5.41, 5.74) is 1.10. The van der Waals surface area contributed by atoms with Crippen LogP contribution in [0.2, 0.25) is 0 Å². The molecule has 0 aliphatic carbocycles. The molecule has 0 atom stereocenters. The summed E-state index contributed by atoms with van der Waals surface area (Å²) in [6.45, 7) is 9.10. The molecule has 0 radical (unpaired) electrons. The van der Waals surface area contributed by atoms with Crippen molar-refractivity contribution < 1.29 is 9.53 Å². The number of thiazole rings is 1. The third-order valence-electron chi connectivity index (χ3n) is 3.40. The third-order valence-corrected chi connectivity index (χ3v) is 4.27. The molecule has 0 fully saturated rings. The van der Waals surface area contributed by atoms with Crippen LogP contribution in [0.5, 0.6) is 0 Å². The minimum Gasteiger partial charge on any atom is -0.382 e. The number of hydrogen-bond donors (Lipinski definition) is 2. The van der Waals surface area contributed by atoms with Crippen molar-refractivity contribution >= 4 is 23.2 Å². The number of nitrogens with one attached hydrogen (secondary N) is 2. The molecule has 1 rings (SSSR count). The first kappa shape index (κ1) is 21.4. The number of aromatic nitrogens is 1. The average Bonchev–Trinajstić information content (AvgIpc) is 3.05. The quantitative estimate of drug-likeness (QED) is 0.374. The third kappa shape index (κ3) is 8.83. The van der Waals surface area contributed by atoms with Crippen molar-refractivity contribution in [2.75, 3.05) is 40.4 Å². The first-order chi connectivity index (χ1) is 11.9. The second kappa shape index (κ2) is 11.8. The van der Waals surface area contributed by atoms with Crippen LogP contribution in [0.15, 0.2) is 10.4 Å². The number of aliphatic imine (C=N–C) groups is 1. The van der Waals surface area contributed by atoms with E-state index in [2.05, 4.69) is 39.8 Å². The predicted octanol–water partition coefficient (Wildman–Crippen LogP) is 1.82. The molecule has 0 aliphatic heterocycles. The van der Waals surface area contributed by atoms with Crippen molar-refractivity contribution in [3.05, 3.63) is 16.1 Å². The molecular weight excluding hydrogens is 338 g/mol. The Hall–Kier alpha value is -1.67. The van der Waals surface area contributed by atoms with Crippen molar-refractivity contribution in [2.24, 2.45) is 4.99 Å². The largest absolute Gasteiger partial charge is 0.382 e. The Bertz CT molecular complexity index is 543. The van der Waals surface area contributed by atoms with Gasteiger partial charge in [-0.2, -0.15) is 0 Å². The fourth-order valence-electron chi connectivity index (χ4n) is 1.82. The number of guanidine groups is 1. The molecule has 1 aromatic heterocycles. The van der Waals surface area contributed by atoms with Gasteiger partial charge in [0.2, 0.25) is 5.91 Å². The fourth-order valence-corrected chi connectivity index (χ4v) is 2.71. The van der Waals surface area contributed by atoms with Crippen LogP contribution >= 0.6 is 11.3 Å². The second-order valence-corrected chi connectivity index (χ2v) is 7.05. The van der Waals surface area contributed by atoms with Gasteiger partial charge in [0.1, 0.15) is 11.6 Å². The molecule has 1 amide bonds. The summed E-state index contributed by atoms with van der Waals surface area (Å²) < 4.78 is 5.33. The van der Waals surface area contributed by atoms with E-state index in [9.17, 15) is 4.79 Å². The molecule has 0 bridgehead atoms. The van der Waals surface area contributed by atoms with Gasteiger partial charge in [-0.05, 0) is 19.3 Å². The molecule has 0 aromatic carbocycles. The average molecular weight is 370 g/mol. The van der Waals surface area contributed by atoms with Gasteiger partial charge in [-0.25, -0.2) is 9.98 Å². The Morgan fingerprint density at radius 3 is 2.76 bits per heavy atom. The van der Waals surface area contributed by atoms with Gasteiger partial charge in [-0.3, -0.25) is 4.79 Å².